The van der Waals surface area contributed by atoms with Gasteiger partial charge in [0.25, 0.3) is 0 Å². The Morgan fingerprint density at radius 2 is 2.67 bits per heavy atom. The van der Waals surface area contributed by atoms with Gasteiger partial charge in [-0.2, -0.15) is 0 Å². The minimum absolute atomic E-state index is 0.664. The molecule has 3 nitrogen and oxygen atoms in total. The van der Waals surface area contributed by atoms with Gasteiger partial charge in [-0.05, 0) is 6.42 Å². The number of hydrogen-bond donors (Lipinski definition) is 1. The molecule has 3 heteroatoms. The fourth-order valence-electron chi connectivity index (χ4n) is 0.883. The Morgan fingerprint density at radius 3 is 3.11 bits per heavy atom. The van der Waals surface area contributed by atoms with Crippen LogP contribution in [0.25, 0.3) is 0 Å². The van der Waals surface area contributed by atoms with E-state index >= 15 is 0 Å². The van der Waals surface area contributed by atoms with Gasteiger partial charge in [-0.1, -0.05) is 6.92 Å². The van der Waals surface area contributed by atoms with E-state index in [9.17, 15) is 0 Å². The maximum absolute atomic E-state index is 5.51. The second kappa shape index (κ2) is 2.62. The number of nitrogens with two attached hydrogens (primary N) is 1. The third kappa shape index (κ3) is 1.28. The van der Waals surface area contributed by atoms with Gasteiger partial charge in [-0.25, -0.2) is 4.58 Å². The summed E-state index contributed by atoms with van der Waals surface area (Å²) in [5.74, 6) is 0.664. The van der Waals surface area contributed by atoms with Gasteiger partial charge in [-0.15, -0.1) is 4.99 Å². The predicted molar refractivity (Wildman–Crippen MR) is 38.0 cm³/mol. The van der Waals surface area contributed by atoms with Gasteiger partial charge in [0.2, 0.25) is 0 Å². The highest BCUT2D eigenvalue weighted by Crippen LogP contribution is 1.87. The molecule has 1 heterocycles. The average Bonchev–Trinajstić information content (AvgIpc) is 2.18. The third-order valence-electron chi connectivity index (χ3n) is 1.31. The molecule has 0 bridgehead atoms. The summed E-state index contributed by atoms with van der Waals surface area (Å²) in [5, 5.41) is 0. The van der Waals surface area contributed by atoms with Crippen LogP contribution in [0.15, 0.2) is 4.99 Å². The van der Waals surface area contributed by atoms with Crippen molar-refractivity contribution in [3.8, 4) is 0 Å². The Bertz CT molecular complexity index is 158. The molecule has 1 aliphatic rings. The fourth-order valence-corrected chi connectivity index (χ4v) is 0.883. The smallest absolute Gasteiger partial charge is 0.288 e. The van der Waals surface area contributed by atoms with Crippen LogP contribution in [0, 0.1) is 0 Å². The van der Waals surface area contributed by atoms with Crippen molar-refractivity contribution < 1.29 is 4.58 Å². The normalized spacial score (nSPS) is 22.8. The molecule has 0 spiro atoms. The van der Waals surface area contributed by atoms with Crippen molar-refractivity contribution in [2.75, 3.05) is 13.1 Å². The molecule has 0 fully saturated rings. The molecule has 0 radical (unpaired) electrons. The van der Waals surface area contributed by atoms with Crippen LogP contribution in [-0.4, -0.2) is 29.8 Å². The number of rotatable bonds is 1. The molecule has 0 aromatic heterocycles. The molecular formula is C6H12N3+. The van der Waals surface area contributed by atoms with Crippen LogP contribution < -0.4 is 5.73 Å². The SMILES string of the molecule is CCC=[N+]1CCN=C1N. The molecule has 50 valence electrons. The first-order valence-electron chi connectivity index (χ1n) is 3.24. The van der Waals surface area contributed by atoms with Crippen molar-refractivity contribution in [3.05, 3.63) is 0 Å². The summed E-state index contributed by atoms with van der Waals surface area (Å²) in [7, 11) is 0. The van der Waals surface area contributed by atoms with E-state index in [0.29, 0.717) is 5.96 Å². The van der Waals surface area contributed by atoms with E-state index in [-0.39, 0.29) is 0 Å². The van der Waals surface area contributed by atoms with Crippen LogP contribution >= 0.6 is 0 Å². The van der Waals surface area contributed by atoms with Crippen molar-refractivity contribution >= 4 is 12.2 Å². The molecule has 0 saturated heterocycles. The van der Waals surface area contributed by atoms with Crippen molar-refractivity contribution in [3.63, 3.8) is 0 Å². The lowest BCUT2D eigenvalue weighted by molar-refractivity contribution is -0.392. The van der Waals surface area contributed by atoms with Crippen molar-refractivity contribution in [1.82, 2.24) is 0 Å². The molecule has 2 N–H and O–H groups in total. The van der Waals surface area contributed by atoms with E-state index in [1.807, 2.05) is 4.58 Å². The summed E-state index contributed by atoms with van der Waals surface area (Å²) >= 11 is 0. The van der Waals surface area contributed by atoms with Crippen LogP contribution in [0.3, 0.4) is 0 Å². The van der Waals surface area contributed by atoms with Crippen molar-refractivity contribution in [2.45, 2.75) is 13.3 Å². The maximum Gasteiger partial charge on any atom is 0.384 e. The lowest BCUT2D eigenvalue weighted by Gasteiger charge is -1.91. The summed E-state index contributed by atoms with van der Waals surface area (Å²) in [6.45, 7) is 3.90. The molecule has 1 aliphatic heterocycles. The quantitative estimate of drug-likeness (QED) is 0.486. The Morgan fingerprint density at radius 1 is 1.89 bits per heavy atom. The standard InChI is InChI=1S/C6H12N3/c1-2-4-9-5-3-8-6(9)7/h4H,2-3,5H2,1H3,(H2,7,8)/q+1. The lowest BCUT2D eigenvalue weighted by Crippen LogP contribution is -2.25. The Balaban J connectivity index is 2.62. The van der Waals surface area contributed by atoms with Gasteiger partial charge in [-0.3, -0.25) is 5.73 Å². The molecule has 0 amide bonds. The Kier molecular flexibility index (Phi) is 1.82. The first-order chi connectivity index (χ1) is 4.34. The minimum Gasteiger partial charge on any atom is -0.288 e. The average molecular weight is 126 g/mol. The van der Waals surface area contributed by atoms with E-state index < -0.39 is 0 Å². The summed E-state index contributed by atoms with van der Waals surface area (Å²) < 4.78 is 1.99. The molecule has 0 aromatic rings. The van der Waals surface area contributed by atoms with Crippen molar-refractivity contribution in [1.29, 1.82) is 0 Å². The molecule has 1 rings (SSSR count). The van der Waals surface area contributed by atoms with Crippen molar-refractivity contribution in [2.24, 2.45) is 10.7 Å². The number of aliphatic imine (C=N–C) groups is 1. The summed E-state index contributed by atoms with van der Waals surface area (Å²) in [6.07, 6.45) is 3.09. The third-order valence-corrected chi connectivity index (χ3v) is 1.31. The van der Waals surface area contributed by atoms with Gasteiger partial charge in [0.15, 0.2) is 0 Å². The molecule has 0 aromatic carbocycles. The highest BCUT2D eigenvalue weighted by molar-refractivity contribution is 5.74. The summed E-state index contributed by atoms with van der Waals surface area (Å²) in [5.41, 5.74) is 5.51. The zero-order valence-corrected chi connectivity index (χ0v) is 5.67. The minimum atomic E-state index is 0.664. The molecule has 0 unspecified atom stereocenters. The van der Waals surface area contributed by atoms with Crippen LogP contribution in [0.5, 0.6) is 0 Å². The van der Waals surface area contributed by atoms with E-state index in [2.05, 4.69) is 18.1 Å². The first kappa shape index (κ1) is 6.26. The van der Waals surface area contributed by atoms with Gasteiger partial charge in [0.05, 0.1) is 0 Å². The van der Waals surface area contributed by atoms with Gasteiger partial charge >= 0.3 is 5.96 Å². The van der Waals surface area contributed by atoms with E-state index in [4.69, 9.17) is 5.73 Å². The van der Waals surface area contributed by atoms with E-state index in [1.54, 1.807) is 0 Å². The fraction of sp³-hybridized carbons (Fsp3) is 0.667. The van der Waals surface area contributed by atoms with Crippen LogP contribution in [0.1, 0.15) is 13.3 Å². The Labute approximate surface area is 54.9 Å². The topological polar surface area (TPSA) is 41.4 Å². The highest BCUT2D eigenvalue weighted by Gasteiger charge is 2.13. The van der Waals surface area contributed by atoms with Crippen LogP contribution in [-0.2, 0) is 0 Å². The highest BCUT2D eigenvalue weighted by atomic mass is 15.2. The Hall–Kier alpha value is -0.860. The molecular weight excluding hydrogens is 114 g/mol. The second-order valence-electron chi connectivity index (χ2n) is 2.02. The van der Waals surface area contributed by atoms with E-state index in [0.717, 1.165) is 19.5 Å². The number of guanidine groups is 1. The van der Waals surface area contributed by atoms with Crippen LogP contribution in [0.4, 0.5) is 0 Å². The molecule has 0 aliphatic carbocycles. The monoisotopic (exact) mass is 126 g/mol. The van der Waals surface area contributed by atoms with Gasteiger partial charge in [0, 0.05) is 6.21 Å². The van der Waals surface area contributed by atoms with Gasteiger partial charge < -0.3 is 0 Å². The zero-order valence-electron chi connectivity index (χ0n) is 5.67. The number of hydrogen-bond acceptors (Lipinski definition) is 2. The predicted octanol–water partition coefficient (Wildman–Crippen LogP) is -0.192. The first-order valence-corrected chi connectivity index (χ1v) is 3.24. The zero-order chi connectivity index (χ0) is 6.69. The van der Waals surface area contributed by atoms with Crippen LogP contribution in [0.2, 0.25) is 0 Å². The summed E-state index contributed by atoms with van der Waals surface area (Å²) in [4.78, 5) is 4.03. The molecule has 0 saturated carbocycles. The largest absolute Gasteiger partial charge is 0.384 e. The maximum atomic E-state index is 5.51. The molecule has 0 atom stereocenters. The summed E-state index contributed by atoms with van der Waals surface area (Å²) in [6, 6.07) is 0. The number of nitrogens with zero attached hydrogens (tertiary/aromatic N) is 2. The lowest BCUT2D eigenvalue weighted by atomic mass is 10.5. The van der Waals surface area contributed by atoms with E-state index in [1.165, 1.54) is 0 Å². The molecule has 9 heavy (non-hydrogen) atoms. The second-order valence-corrected chi connectivity index (χ2v) is 2.02. The van der Waals surface area contributed by atoms with Gasteiger partial charge in [0.1, 0.15) is 13.1 Å².